The summed E-state index contributed by atoms with van der Waals surface area (Å²) in [5.41, 5.74) is 2.77. The highest BCUT2D eigenvalue weighted by atomic mass is 19.1. The Morgan fingerprint density at radius 1 is 1.00 bits per heavy atom. The van der Waals surface area contributed by atoms with Crippen molar-refractivity contribution < 1.29 is 8.78 Å². The molecule has 0 amide bonds. The molecule has 112 valence electrons. The van der Waals surface area contributed by atoms with Gasteiger partial charge in [-0.15, -0.1) is 0 Å². The summed E-state index contributed by atoms with van der Waals surface area (Å²) in [5.74, 6) is -0.757. The van der Waals surface area contributed by atoms with Crippen molar-refractivity contribution >= 4 is 0 Å². The van der Waals surface area contributed by atoms with Crippen molar-refractivity contribution in [3.05, 3.63) is 70.8 Å². The molecule has 0 saturated carbocycles. The fourth-order valence-corrected chi connectivity index (χ4v) is 2.46. The Balaban J connectivity index is 2.23. The van der Waals surface area contributed by atoms with E-state index in [4.69, 9.17) is 0 Å². The summed E-state index contributed by atoms with van der Waals surface area (Å²) < 4.78 is 27.1. The van der Waals surface area contributed by atoms with Crippen LogP contribution in [0.5, 0.6) is 0 Å². The average Bonchev–Trinajstić information content (AvgIpc) is 2.50. The van der Waals surface area contributed by atoms with Gasteiger partial charge in [0.15, 0.2) is 0 Å². The predicted octanol–water partition coefficient (Wildman–Crippen LogP) is 4.42. The van der Waals surface area contributed by atoms with Crippen molar-refractivity contribution in [2.45, 2.75) is 32.7 Å². The van der Waals surface area contributed by atoms with E-state index in [0.29, 0.717) is 12.0 Å². The minimum absolute atomic E-state index is 0.0165. The minimum atomic E-state index is -0.400. The number of hydrogen-bond acceptors (Lipinski definition) is 1. The number of halogens is 2. The highest BCUT2D eigenvalue weighted by molar-refractivity contribution is 5.28. The third-order valence-electron chi connectivity index (χ3n) is 3.67. The van der Waals surface area contributed by atoms with Crippen molar-refractivity contribution in [2.75, 3.05) is 6.54 Å². The molecule has 1 unspecified atom stereocenters. The van der Waals surface area contributed by atoms with Crippen LogP contribution in [-0.2, 0) is 12.8 Å². The third kappa shape index (κ3) is 4.11. The van der Waals surface area contributed by atoms with Gasteiger partial charge in [0, 0.05) is 6.04 Å². The second-order valence-corrected chi connectivity index (χ2v) is 5.15. The average molecular weight is 289 g/mol. The Morgan fingerprint density at radius 2 is 1.71 bits per heavy atom. The summed E-state index contributed by atoms with van der Waals surface area (Å²) in [6.07, 6.45) is 1.42. The van der Waals surface area contributed by atoms with Crippen LogP contribution in [0.25, 0.3) is 0 Å². The van der Waals surface area contributed by atoms with Gasteiger partial charge in [0.05, 0.1) is 0 Å². The maximum absolute atomic E-state index is 13.8. The molecule has 2 rings (SSSR count). The molecule has 0 radical (unpaired) electrons. The molecule has 1 N–H and O–H groups in total. The van der Waals surface area contributed by atoms with Crippen molar-refractivity contribution in [3.63, 3.8) is 0 Å². The van der Waals surface area contributed by atoms with Gasteiger partial charge in [-0.3, -0.25) is 0 Å². The van der Waals surface area contributed by atoms with Crippen LogP contribution < -0.4 is 5.32 Å². The van der Waals surface area contributed by atoms with Gasteiger partial charge in [0.1, 0.15) is 11.6 Å². The number of hydrogen-bond donors (Lipinski definition) is 1. The number of benzene rings is 2. The normalized spacial score (nSPS) is 12.4. The molecule has 0 bridgehead atoms. The van der Waals surface area contributed by atoms with E-state index >= 15 is 0 Å². The first kappa shape index (κ1) is 15.6. The maximum Gasteiger partial charge on any atom is 0.126 e. The van der Waals surface area contributed by atoms with E-state index in [1.807, 2.05) is 6.92 Å². The van der Waals surface area contributed by atoms with Crippen LogP contribution in [0.2, 0.25) is 0 Å². The zero-order valence-electron chi connectivity index (χ0n) is 12.5. The summed E-state index contributed by atoms with van der Waals surface area (Å²) in [5, 5.41) is 3.34. The number of nitrogens with one attached hydrogen (secondary N) is 1. The minimum Gasteiger partial charge on any atom is -0.310 e. The Hall–Kier alpha value is -1.74. The van der Waals surface area contributed by atoms with Crippen LogP contribution in [0.1, 0.15) is 36.6 Å². The standard InChI is InChI=1S/C18H21F2N/c1-3-13-5-7-14(8-6-13)18(21-4-2)12-15-11-16(19)9-10-17(15)20/h5-11,18,21H,3-4,12H2,1-2H3. The molecule has 0 heterocycles. The molecular weight excluding hydrogens is 268 g/mol. The molecule has 2 aromatic rings. The van der Waals surface area contributed by atoms with Gasteiger partial charge in [0.25, 0.3) is 0 Å². The molecule has 1 nitrogen and oxygen atoms in total. The van der Waals surface area contributed by atoms with Crippen molar-refractivity contribution in [2.24, 2.45) is 0 Å². The van der Waals surface area contributed by atoms with Gasteiger partial charge in [-0.25, -0.2) is 8.78 Å². The summed E-state index contributed by atoms with van der Waals surface area (Å²) in [4.78, 5) is 0. The predicted molar refractivity (Wildman–Crippen MR) is 82.3 cm³/mol. The summed E-state index contributed by atoms with van der Waals surface area (Å²) >= 11 is 0. The molecule has 1 atom stereocenters. The van der Waals surface area contributed by atoms with E-state index in [9.17, 15) is 8.78 Å². The largest absolute Gasteiger partial charge is 0.310 e. The number of likely N-dealkylation sites (N-methyl/N-ethyl adjacent to an activating group) is 1. The lowest BCUT2D eigenvalue weighted by Gasteiger charge is -2.19. The molecule has 3 heteroatoms. The molecule has 0 aliphatic carbocycles. The topological polar surface area (TPSA) is 12.0 Å². The zero-order valence-corrected chi connectivity index (χ0v) is 12.5. The zero-order chi connectivity index (χ0) is 15.2. The van der Waals surface area contributed by atoms with Crippen molar-refractivity contribution in [3.8, 4) is 0 Å². The molecular formula is C18H21F2N. The molecule has 0 aliphatic rings. The van der Waals surface area contributed by atoms with E-state index in [0.717, 1.165) is 24.6 Å². The summed E-state index contributed by atoms with van der Waals surface area (Å²) in [7, 11) is 0. The first-order valence-electron chi connectivity index (χ1n) is 7.40. The lowest BCUT2D eigenvalue weighted by atomic mass is 9.97. The lowest BCUT2D eigenvalue weighted by Crippen LogP contribution is -2.23. The first-order chi connectivity index (χ1) is 10.1. The van der Waals surface area contributed by atoms with E-state index in [2.05, 4.69) is 36.5 Å². The van der Waals surface area contributed by atoms with Gasteiger partial charge in [-0.05, 0) is 54.3 Å². The third-order valence-corrected chi connectivity index (χ3v) is 3.67. The van der Waals surface area contributed by atoms with E-state index in [1.54, 1.807) is 0 Å². The second-order valence-electron chi connectivity index (χ2n) is 5.15. The van der Waals surface area contributed by atoms with E-state index in [-0.39, 0.29) is 11.9 Å². The first-order valence-corrected chi connectivity index (χ1v) is 7.40. The van der Waals surface area contributed by atoms with Gasteiger partial charge in [-0.1, -0.05) is 38.1 Å². The highest BCUT2D eigenvalue weighted by Crippen LogP contribution is 2.21. The van der Waals surface area contributed by atoms with Gasteiger partial charge in [0.2, 0.25) is 0 Å². The van der Waals surface area contributed by atoms with Crippen LogP contribution in [0.3, 0.4) is 0 Å². The molecule has 0 aliphatic heterocycles. The molecule has 0 fully saturated rings. The quantitative estimate of drug-likeness (QED) is 0.830. The van der Waals surface area contributed by atoms with Crippen LogP contribution in [0, 0.1) is 11.6 Å². The van der Waals surface area contributed by atoms with Crippen molar-refractivity contribution in [1.29, 1.82) is 0 Å². The lowest BCUT2D eigenvalue weighted by molar-refractivity contribution is 0.522. The smallest absolute Gasteiger partial charge is 0.126 e. The Labute approximate surface area is 125 Å². The van der Waals surface area contributed by atoms with Gasteiger partial charge >= 0.3 is 0 Å². The van der Waals surface area contributed by atoms with Crippen LogP contribution in [-0.4, -0.2) is 6.54 Å². The fourth-order valence-electron chi connectivity index (χ4n) is 2.46. The van der Waals surface area contributed by atoms with Crippen LogP contribution in [0.4, 0.5) is 8.78 Å². The molecule has 2 aromatic carbocycles. The monoisotopic (exact) mass is 289 g/mol. The molecule has 0 aromatic heterocycles. The highest BCUT2D eigenvalue weighted by Gasteiger charge is 2.14. The van der Waals surface area contributed by atoms with Crippen LogP contribution >= 0.6 is 0 Å². The molecule has 0 saturated heterocycles. The van der Waals surface area contributed by atoms with Gasteiger partial charge in [-0.2, -0.15) is 0 Å². The Bertz CT molecular complexity index is 578. The van der Waals surface area contributed by atoms with E-state index in [1.165, 1.54) is 17.7 Å². The van der Waals surface area contributed by atoms with Crippen LogP contribution in [0.15, 0.2) is 42.5 Å². The molecule has 0 spiro atoms. The maximum atomic E-state index is 13.8. The SMILES string of the molecule is CCNC(Cc1cc(F)ccc1F)c1ccc(CC)cc1. The fraction of sp³-hybridized carbons (Fsp3) is 0.333. The van der Waals surface area contributed by atoms with Crippen molar-refractivity contribution in [1.82, 2.24) is 5.32 Å². The van der Waals surface area contributed by atoms with E-state index < -0.39 is 5.82 Å². The number of aryl methyl sites for hydroxylation is 1. The Morgan fingerprint density at radius 3 is 2.33 bits per heavy atom. The summed E-state index contributed by atoms with van der Waals surface area (Å²) in [6.45, 7) is 4.89. The Kier molecular flexibility index (Phi) is 5.45. The van der Waals surface area contributed by atoms with Gasteiger partial charge < -0.3 is 5.32 Å². The number of rotatable bonds is 6. The summed E-state index contributed by atoms with van der Waals surface area (Å²) in [6, 6.07) is 11.9. The second kappa shape index (κ2) is 7.32. The molecule has 21 heavy (non-hydrogen) atoms.